The summed E-state index contributed by atoms with van der Waals surface area (Å²) in [6.07, 6.45) is 0. The second-order valence-electron chi connectivity index (χ2n) is 2.16. The van der Waals surface area contributed by atoms with Crippen LogP contribution in [0.15, 0.2) is 16.6 Å². The molecule has 0 saturated heterocycles. The second kappa shape index (κ2) is 4.02. The maximum atomic E-state index is 10.4. The van der Waals surface area contributed by atoms with E-state index in [1.54, 1.807) is 0 Å². The molecule has 0 aliphatic rings. The monoisotopic (exact) mass is 352 g/mol. The molecule has 0 radical (unpaired) electrons. The summed E-state index contributed by atoms with van der Waals surface area (Å²) < 4.78 is 1.25. The van der Waals surface area contributed by atoms with Gasteiger partial charge in [0, 0.05) is 20.2 Å². The standard InChI is InChI=1S/C7H2BrIN2O2/c8-6-2-5(11(12)13)1-4(3-10)7(6)9/h1-2H. The molecule has 66 valence electrons. The van der Waals surface area contributed by atoms with E-state index in [0.717, 1.165) is 0 Å². The molecule has 0 amide bonds. The molecule has 0 unspecified atom stereocenters. The van der Waals surface area contributed by atoms with Crippen molar-refractivity contribution in [2.45, 2.75) is 0 Å². The number of nitriles is 1. The van der Waals surface area contributed by atoms with E-state index in [4.69, 9.17) is 5.26 Å². The molecule has 0 spiro atoms. The highest BCUT2D eigenvalue weighted by molar-refractivity contribution is 14.1. The molecule has 13 heavy (non-hydrogen) atoms. The summed E-state index contributed by atoms with van der Waals surface area (Å²) in [5, 5.41) is 19.1. The van der Waals surface area contributed by atoms with E-state index in [-0.39, 0.29) is 5.69 Å². The molecule has 4 nitrogen and oxygen atoms in total. The molecule has 6 heteroatoms. The summed E-state index contributed by atoms with van der Waals surface area (Å²) in [7, 11) is 0. The first-order valence-electron chi connectivity index (χ1n) is 3.10. The number of benzene rings is 1. The second-order valence-corrected chi connectivity index (χ2v) is 4.09. The van der Waals surface area contributed by atoms with E-state index in [9.17, 15) is 10.1 Å². The van der Waals surface area contributed by atoms with Gasteiger partial charge in [-0.25, -0.2) is 0 Å². The molecule has 0 atom stereocenters. The third kappa shape index (κ3) is 2.16. The van der Waals surface area contributed by atoms with Gasteiger partial charge in [0.1, 0.15) is 6.07 Å². The van der Waals surface area contributed by atoms with Gasteiger partial charge in [0.25, 0.3) is 5.69 Å². The molecule has 0 fully saturated rings. The summed E-state index contributed by atoms with van der Waals surface area (Å²) in [6.45, 7) is 0. The zero-order chi connectivity index (χ0) is 10.0. The SMILES string of the molecule is N#Cc1cc([N+](=O)[O-])cc(Br)c1I. The van der Waals surface area contributed by atoms with Crippen molar-refractivity contribution in [2.75, 3.05) is 0 Å². The van der Waals surface area contributed by atoms with Gasteiger partial charge in [-0.05, 0) is 38.5 Å². The van der Waals surface area contributed by atoms with Crippen molar-refractivity contribution < 1.29 is 4.92 Å². The van der Waals surface area contributed by atoms with Crippen LogP contribution in [0.1, 0.15) is 5.56 Å². The van der Waals surface area contributed by atoms with Crippen LogP contribution in [0.3, 0.4) is 0 Å². The van der Waals surface area contributed by atoms with Crippen LogP contribution >= 0.6 is 38.5 Å². The molecule has 1 aromatic rings. The van der Waals surface area contributed by atoms with Crippen molar-refractivity contribution >= 4 is 44.2 Å². The Balaban J connectivity index is 3.41. The normalized spacial score (nSPS) is 9.31. The number of nitro groups is 1. The molecule has 0 aliphatic heterocycles. The number of non-ortho nitro benzene ring substituents is 1. The quantitative estimate of drug-likeness (QED) is 0.443. The largest absolute Gasteiger partial charge is 0.271 e. The smallest absolute Gasteiger partial charge is 0.258 e. The molecule has 0 saturated carbocycles. The van der Waals surface area contributed by atoms with Crippen molar-refractivity contribution in [2.24, 2.45) is 0 Å². The van der Waals surface area contributed by atoms with Crippen LogP contribution < -0.4 is 0 Å². The van der Waals surface area contributed by atoms with Crippen LogP contribution in [-0.2, 0) is 0 Å². The third-order valence-electron chi connectivity index (χ3n) is 1.34. The average Bonchev–Trinajstić information content (AvgIpc) is 2.09. The predicted octanol–water partition coefficient (Wildman–Crippen LogP) is 2.83. The molecule has 0 bridgehead atoms. The minimum Gasteiger partial charge on any atom is -0.258 e. The Labute approximate surface area is 96.0 Å². The summed E-state index contributed by atoms with van der Waals surface area (Å²) in [4.78, 5) is 9.88. The Morgan fingerprint density at radius 1 is 1.62 bits per heavy atom. The number of hydrogen-bond donors (Lipinski definition) is 0. The number of nitrogens with zero attached hydrogens (tertiary/aromatic N) is 2. The fraction of sp³-hybridized carbons (Fsp3) is 0. The maximum absolute atomic E-state index is 10.4. The molecule has 0 N–H and O–H groups in total. The van der Waals surface area contributed by atoms with Crippen LogP contribution in [0, 0.1) is 25.0 Å². The summed E-state index contributed by atoms with van der Waals surface area (Å²) >= 11 is 5.10. The predicted molar refractivity (Wildman–Crippen MR) is 58.2 cm³/mol. The van der Waals surface area contributed by atoms with Gasteiger partial charge in [0.15, 0.2) is 0 Å². The lowest BCUT2D eigenvalue weighted by Gasteiger charge is -1.98. The molecule has 0 heterocycles. The van der Waals surface area contributed by atoms with E-state index in [2.05, 4.69) is 15.9 Å². The Morgan fingerprint density at radius 2 is 2.23 bits per heavy atom. The number of nitro benzene ring substituents is 1. The van der Waals surface area contributed by atoms with Crippen LogP contribution in [-0.4, -0.2) is 4.92 Å². The number of hydrogen-bond acceptors (Lipinski definition) is 3. The van der Waals surface area contributed by atoms with Crippen LogP contribution in [0.5, 0.6) is 0 Å². The van der Waals surface area contributed by atoms with Crippen molar-refractivity contribution in [3.63, 3.8) is 0 Å². The van der Waals surface area contributed by atoms with Crippen molar-refractivity contribution in [3.8, 4) is 6.07 Å². The van der Waals surface area contributed by atoms with Gasteiger partial charge in [0.05, 0.1) is 10.5 Å². The van der Waals surface area contributed by atoms with Gasteiger partial charge < -0.3 is 0 Å². The Bertz CT molecular complexity index is 414. The molecule has 0 aliphatic carbocycles. The van der Waals surface area contributed by atoms with E-state index in [0.29, 0.717) is 13.6 Å². The van der Waals surface area contributed by atoms with Gasteiger partial charge in [0.2, 0.25) is 0 Å². The van der Waals surface area contributed by atoms with Crippen LogP contribution in [0.4, 0.5) is 5.69 Å². The highest BCUT2D eigenvalue weighted by Crippen LogP contribution is 2.27. The zero-order valence-electron chi connectivity index (χ0n) is 6.12. The first-order valence-corrected chi connectivity index (χ1v) is 4.97. The Hall–Kier alpha value is -0.680. The lowest BCUT2D eigenvalue weighted by Crippen LogP contribution is -1.91. The van der Waals surface area contributed by atoms with Gasteiger partial charge in [-0.15, -0.1) is 0 Å². The van der Waals surface area contributed by atoms with Crippen molar-refractivity contribution in [1.29, 1.82) is 5.26 Å². The first-order chi connectivity index (χ1) is 6.06. The van der Waals surface area contributed by atoms with Crippen LogP contribution in [0.25, 0.3) is 0 Å². The Kier molecular flexibility index (Phi) is 3.22. The topological polar surface area (TPSA) is 66.9 Å². The maximum Gasteiger partial charge on any atom is 0.271 e. The lowest BCUT2D eigenvalue weighted by molar-refractivity contribution is -0.385. The molecular formula is C7H2BrIN2O2. The lowest BCUT2D eigenvalue weighted by atomic mass is 10.2. The van der Waals surface area contributed by atoms with E-state index >= 15 is 0 Å². The summed E-state index contributed by atoms with van der Waals surface area (Å²) in [5.74, 6) is 0. The third-order valence-corrected chi connectivity index (χ3v) is 3.87. The van der Waals surface area contributed by atoms with Gasteiger partial charge in [-0.1, -0.05) is 0 Å². The van der Waals surface area contributed by atoms with E-state index in [1.165, 1.54) is 12.1 Å². The van der Waals surface area contributed by atoms with Gasteiger partial charge >= 0.3 is 0 Å². The van der Waals surface area contributed by atoms with E-state index in [1.807, 2.05) is 28.7 Å². The molecule has 1 rings (SSSR count). The summed E-state index contributed by atoms with van der Waals surface area (Å²) in [6, 6.07) is 4.52. The molecular weight excluding hydrogens is 351 g/mol. The average molecular weight is 353 g/mol. The number of halogens is 2. The summed E-state index contributed by atoms with van der Waals surface area (Å²) in [5.41, 5.74) is 0.227. The zero-order valence-corrected chi connectivity index (χ0v) is 9.87. The minimum absolute atomic E-state index is 0.0798. The van der Waals surface area contributed by atoms with Gasteiger partial charge in [-0.2, -0.15) is 5.26 Å². The molecule has 0 aromatic heterocycles. The van der Waals surface area contributed by atoms with Crippen LogP contribution in [0.2, 0.25) is 0 Å². The van der Waals surface area contributed by atoms with Crippen molar-refractivity contribution in [3.05, 3.63) is 35.9 Å². The first kappa shape index (κ1) is 10.4. The Morgan fingerprint density at radius 3 is 2.69 bits per heavy atom. The van der Waals surface area contributed by atoms with Crippen molar-refractivity contribution in [1.82, 2.24) is 0 Å². The van der Waals surface area contributed by atoms with Gasteiger partial charge in [-0.3, -0.25) is 10.1 Å². The number of rotatable bonds is 1. The highest BCUT2D eigenvalue weighted by atomic mass is 127. The highest BCUT2D eigenvalue weighted by Gasteiger charge is 2.12. The fourth-order valence-corrected chi connectivity index (χ4v) is 1.64. The van der Waals surface area contributed by atoms with E-state index < -0.39 is 4.92 Å². The minimum atomic E-state index is -0.526. The molecule has 1 aromatic carbocycles. The fourth-order valence-electron chi connectivity index (χ4n) is 0.762.